The second kappa shape index (κ2) is 5.23. The zero-order valence-electron chi connectivity index (χ0n) is 8.40. The predicted molar refractivity (Wildman–Crippen MR) is 74.8 cm³/mol. The highest BCUT2D eigenvalue weighted by Crippen LogP contribution is 2.28. The zero-order chi connectivity index (χ0) is 11.5. The third-order valence-electron chi connectivity index (χ3n) is 2.21. The lowest BCUT2D eigenvalue weighted by Crippen LogP contribution is -2.10. The van der Waals surface area contributed by atoms with Crippen molar-refractivity contribution in [3.8, 4) is 0 Å². The highest BCUT2D eigenvalue weighted by atomic mass is 35.5. The molecule has 0 aromatic heterocycles. The van der Waals surface area contributed by atoms with Crippen molar-refractivity contribution in [1.82, 2.24) is 0 Å². The molecule has 79 valence electrons. The standard InChI is InChI=1S/C12H8BCl2P/c13-16(11-5-1-9(14)2-6-11)12-7-3-10(15)4-8-12/h1-8H/q-1. The van der Waals surface area contributed by atoms with Crippen LogP contribution in [0.25, 0.3) is 0 Å². The minimum absolute atomic E-state index is 0.725. The van der Waals surface area contributed by atoms with E-state index in [0.717, 1.165) is 20.7 Å². The van der Waals surface area contributed by atoms with Crippen molar-refractivity contribution >= 4 is 49.2 Å². The van der Waals surface area contributed by atoms with Crippen LogP contribution >= 0.6 is 31.0 Å². The van der Waals surface area contributed by atoms with Gasteiger partial charge in [0.2, 0.25) is 0 Å². The third-order valence-corrected chi connectivity index (χ3v) is 4.42. The maximum atomic E-state index is 6.20. The first kappa shape index (κ1) is 12.0. The molecule has 0 unspecified atom stereocenters. The van der Waals surface area contributed by atoms with Crippen molar-refractivity contribution < 1.29 is 0 Å². The summed E-state index contributed by atoms with van der Waals surface area (Å²) in [5.41, 5.74) is 0. The van der Waals surface area contributed by atoms with E-state index in [0.29, 0.717) is 0 Å². The molecule has 2 aromatic carbocycles. The predicted octanol–water partition coefficient (Wildman–Crippen LogP) is 3.51. The van der Waals surface area contributed by atoms with E-state index in [9.17, 15) is 0 Å². The summed E-state index contributed by atoms with van der Waals surface area (Å²) < 4.78 is 0. The number of halogens is 2. The smallest absolute Gasteiger partial charge is 0.0406 e. The second-order valence-corrected chi connectivity index (χ2v) is 5.97. The fourth-order valence-electron chi connectivity index (χ4n) is 1.35. The Kier molecular flexibility index (Phi) is 3.92. The van der Waals surface area contributed by atoms with Gasteiger partial charge in [-0.05, 0) is 24.3 Å². The molecule has 0 amide bonds. The number of benzene rings is 2. The molecule has 0 aliphatic heterocycles. The van der Waals surface area contributed by atoms with Crippen molar-refractivity contribution in [1.29, 1.82) is 0 Å². The molecule has 0 heterocycles. The summed E-state index contributed by atoms with van der Waals surface area (Å²) >= 11 is 11.7. The number of hydrogen-bond acceptors (Lipinski definition) is 0. The van der Waals surface area contributed by atoms with E-state index in [1.807, 2.05) is 48.5 Å². The van der Waals surface area contributed by atoms with Gasteiger partial charge in [-0.2, -0.15) is 0 Å². The fraction of sp³-hybridized carbons (Fsp3) is 0. The van der Waals surface area contributed by atoms with Gasteiger partial charge < -0.3 is 15.4 Å². The number of rotatable bonds is 2. The Bertz CT molecular complexity index is 422. The lowest BCUT2D eigenvalue weighted by Gasteiger charge is -2.28. The van der Waals surface area contributed by atoms with Gasteiger partial charge in [-0.15, -0.1) is 0 Å². The molecule has 2 rings (SSSR count). The van der Waals surface area contributed by atoms with E-state index >= 15 is 0 Å². The van der Waals surface area contributed by atoms with Crippen molar-refractivity contribution in [3.63, 3.8) is 0 Å². The van der Waals surface area contributed by atoms with Gasteiger partial charge in [-0.3, -0.25) is 0 Å². The maximum Gasteiger partial charge on any atom is 0.0406 e. The normalized spacial score (nSPS) is 10.8. The highest BCUT2D eigenvalue weighted by Gasteiger charge is 1.97. The quantitative estimate of drug-likeness (QED) is 0.575. The zero-order valence-corrected chi connectivity index (χ0v) is 10.8. The van der Waals surface area contributed by atoms with Gasteiger partial charge in [-0.1, -0.05) is 58.1 Å². The van der Waals surface area contributed by atoms with Crippen molar-refractivity contribution in [2.75, 3.05) is 0 Å². The van der Waals surface area contributed by atoms with Crippen molar-refractivity contribution in [3.05, 3.63) is 58.6 Å². The summed E-state index contributed by atoms with van der Waals surface area (Å²) in [5.74, 6) is 0. The van der Waals surface area contributed by atoms with Crippen LogP contribution in [0.3, 0.4) is 0 Å². The average Bonchev–Trinajstić information content (AvgIpc) is 2.30. The first-order valence-electron chi connectivity index (χ1n) is 4.73. The Morgan fingerprint density at radius 3 is 1.31 bits per heavy atom. The Morgan fingerprint density at radius 1 is 0.688 bits per heavy atom. The van der Waals surface area contributed by atoms with E-state index in [1.165, 1.54) is 0 Å². The van der Waals surface area contributed by atoms with Gasteiger partial charge in [0.15, 0.2) is 0 Å². The third kappa shape index (κ3) is 2.80. The molecule has 0 fully saturated rings. The maximum absolute atomic E-state index is 6.20. The topological polar surface area (TPSA) is 0 Å². The fourth-order valence-corrected chi connectivity index (χ4v) is 2.84. The van der Waals surface area contributed by atoms with Crippen LogP contribution in [-0.4, -0.2) is 7.57 Å². The van der Waals surface area contributed by atoms with Crippen LogP contribution < -0.4 is 10.6 Å². The summed E-state index contributed by atoms with van der Waals surface area (Å²) in [6, 6.07) is 15.3. The van der Waals surface area contributed by atoms with E-state index in [1.54, 1.807) is 0 Å². The molecule has 0 N–H and O–H groups in total. The summed E-state index contributed by atoms with van der Waals surface area (Å²) in [6.45, 7) is 0. The summed E-state index contributed by atoms with van der Waals surface area (Å²) in [7, 11) is 5.38. The Labute approximate surface area is 108 Å². The number of hydrogen-bond donors (Lipinski definition) is 0. The second-order valence-electron chi connectivity index (χ2n) is 3.32. The molecular weight excluding hydrogens is 257 g/mol. The summed E-state index contributed by atoms with van der Waals surface area (Å²) in [5, 5.41) is 3.65. The minimum Gasteiger partial charge on any atom is -0.567 e. The van der Waals surface area contributed by atoms with Crippen LogP contribution in [0.4, 0.5) is 0 Å². The lowest BCUT2D eigenvalue weighted by atomic mass is 10.4. The molecule has 0 aliphatic rings. The molecule has 0 saturated carbocycles. The molecule has 0 saturated heterocycles. The van der Waals surface area contributed by atoms with Crippen molar-refractivity contribution in [2.24, 2.45) is 0 Å². The molecule has 0 atom stereocenters. The van der Waals surface area contributed by atoms with E-state index in [-0.39, 0.29) is 0 Å². The Morgan fingerprint density at radius 2 is 1.00 bits per heavy atom. The Balaban J connectivity index is 2.28. The molecule has 0 spiro atoms. The molecular formula is C12H8BCl2P-. The van der Waals surface area contributed by atoms with Gasteiger partial charge in [0.1, 0.15) is 0 Å². The monoisotopic (exact) mass is 264 g/mol. The van der Waals surface area contributed by atoms with Gasteiger partial charge in [0.05, 0.1) is 0 Å². The van der Waals surface area contributed by atoms with Crippen LogP contribution in [0.15, 0.2) is 48.5 Å². The van der Waals surface area contributed by atoms with Crippen LogP contribution in [0.2, 0.25) is 10.0 Å². The van der Waals surface area contributed by atoms with Crippen LogP contribution in [-0.2, 0) is 0 Å². The van der Waals surface area contributed by atoms with E-state index in [2.05, 4.69) is 0 Å². The van der Waals surface area contributed by atoms with Gasteiger partial charge >= 0.3 is 0 Å². The van der Waals surface area contributed by atoms with Crippen LogP contribution in [0.5, 0.6) is 0 Å². The first-order chi connectivity index (χ1) is 7.66. The molecule has 3 radical (unpaired) electrons. The summed E-state index contributed by atoms with van der Waals surface area (Å²) in [6.07, 6.45) is 0. The van der Waals surface area contributed by atoms with Crippen LogP contribution in [0, 0.1) is 0 Å². The molecule has 0 nitrogen and oxygen atoms in total. The van der Waals surface area contributed by atoms with Crippen molar-refractivity contribution in [2.45, 2.75) is 0 Å². The molecule has 0 aliphatic carbocycles. The van der Waals surface area contributed by atoms with E-state index < -0.39 is 7.80 Å². The SMILES string of the molecule is [B-]P(c1ccc(Cl)cc1)c1ccc(Cl)cc1. The average molecular weight is 265 g/mol. The molecule has 2 aromatic rings. The summed E-state index contributed by atoms with van der Waals surface area (Å²) in [4.78, 5) is 0. The lowest BCUT2D eigenvalue weighted by molar-refractivity contribution is 1.75. The first-order valence-corrected chi connectivity index (χ1v) is 6.89. The van der Waals surface area contributed by atoms with Crippen LogP contribution in [0.1, 0.15) is 0 Å². The van der Waals surface area contributed by atoms with Gasteiger partial charge in [-0.25, -0.2) is 0 Å². The highest BCUT2D eigenvalue weighted by molar-refractivity contribution is 7.94. The van der Waals surface area contributed by atoms with E-state index in [4.69, 9.17) is 30.8 Å². The van der Waals surface area contributed by atoms with Gasteiger partial charge in [0, 0.05) is 10.0 Å². The molecule has 4 heteroatoms. The van der Waals surface area contributed by atoms with Gasteiger partial charge in [0.25, 0.3) is 0 Å². The minimum atomic E-state index is -0.813. The largest absolute Gasteiger partial charge is 0.567 e. The molecule has 16 heavy (non-hydrogen) atoms. The molecule has 0 bridgehead atoms. The Hall–Kier alpha value is -0.485.